The minimum Gasteiger partial charge on any atom is -0.308 e. The Labute approximate surface area is 267 Å². The summed E-state index contributed by atoms with van der Waals surface area (Å²) in [4.78, 5) is 2.54. The Morgan fingerprint density at radius 2 is 1.18 bits per heavy atom. The van der Waals surface area contributed by atoms with Crippen molar-refractivity contribution in [3.63, 3.8) is 0 Å². The van der Waals surface area contributed by atoms with E-state index in [9.17, 15) is 0 Å². The lowest BCUT2D eigenvalue weighted by Gasteiger charge is -2.30. The van der Waals surface area contributed by atoms with E-state index < -0.39 is 0 Å². The summed E-state index contributed by atoms with van der Waals surface area (Å²) >= 11 is 1.89. The Kier molecular flexibility index (Phi) is 5.78. The summed E-state index contributed by atoms with van der Waals surface area (Å²) in [7, 11) is 0. The zero-order valence-corrected chi connectivity index (χ0v) is 26.1. The molecule has 1 aromatic heterocycles. The van der Waals surface area contributed by atoms with Crippen LogP contribution in [0, 0.1) is 0 Å². The predicted octanol–water partition coefficient (Wildman–Crippen LogP) is 12.7. The van der Waals surface area contributed by atoms with Gasteiger partial charge in [0.2, 0.25) is 0 Å². The number of hydrogen-bond acceptors (Lipinski definition) is 2. The minimum absolute atomic E-state index is 0.0462. The molecule has 0 atom stereocenters. The maximum Gasteiger partial charge on any atom is 0.0718 e. The van der Waals surface area contributed by atoms with Gasteiger partial charge >= 0.3 is 0 Å². The van der Waals surface area contributed by atoms with Gasteiger partial charge in [-0.3, -0.25) is 0 Å². The molecule has 8 aromatic rings. The molecule has 0 spiro atoms. The topological polar surface area (TPSA) is 3.24 Å². The number of nitrogens with zero attached hydrogens (tertiary/aromatic N) is 1. The van der Waals surface area contributed by atoms with Crippen molar-refractivity contribution in [3.8, 4) is 22.3 Å². The van der Waals surface area contributed by atoms with Crippen LogP contribution in [0.5, 0.6) is 0 Å². The van der Waals surface area contributed by atoms with Gasteiger partial charge in [-0.1, -0.05) is 135 Å². The molecule has 0 amide bonds. The lowest BCUT2D eigenvalue weighted by atomic mass is 9.82. The number of hydrogen-bond donors (Lipinski definition) is 0. The number of benzene rings is 7. The molecular weight excluding hydrogens is 563 g/mol. The molecule has 1 aliphatic carbocycles. The largest absolute Gasteiger partial charge is 0.308 e. The van der Waals surface area contributed by atoms with Gasteiger partial charge in [-0.15, -0.1) is 11.3 Å². The highest BCUT2D eigenvalue weighted by Crippen LogP contribution is 2.54. The van der Waals surface area contributed by atoms with Gasteiger partial charge < -0.3 is 4.90 Å². The van der Waals surface area contributed by atoms with Crippen LogP contribution in [-0.4, -0.2) is 0 Å². The van der Waals surface area contributed by atoms with Gasteiger partial charge in [-0.05, 0) is 63.5 Å². The predicted molar refractivity (Wildman–Crippen MR) is 195 cm³/mol. The van der Waals surface area contributed by atoms with E-state index in [0.29, 0.717) is 0 Å². The first-order chi connectivity index (χ1) is 22.1. The van der Waals surface area contributed by atoms with E-state index >= 15 is 0 Å². The van der Waals surface area contributed by atoms with Crippen molar-refractivity contribution in [1.29, 1.82) is 0 Å². The molecule has 7 aromatic carbocycles. The maximum atomic E-state index is 2.54. The smallest absolute Gasteiger partial charge is 0.0718 e. The molecule has 45 heavy (non-hydrogen) atoms. The summed E-state index contributed by atoms with van der Waals surface area (Å²) in [6.45, 7) is 4.70. The van der Waals surface area contributed by atoms with Gasteiger partial charge in [0.05, 0.1) is 16.1 Å². The zero-order valence-electron chi connectivity index (χ0n) is 25.3. The van der Waals surface area contributed by atoms with Crippen LogP contribution >= 0.6 is 11.3 Å². The average Bonchev–Trinajstić information content (AvgIpc) is 3.57. The highest BCUT2D eigenvalue weighted by atomic mass is 32.1. The van der Waals surface area contributed by atoms with Crippen molar-refractivity contribution >= 4 is 59.3 Å². The molecule has 0 aliphatic heterocycles. The van der Waals surface area contributed by atoms with E-state index in [2.05, 4.69) is 170 Å². The van der Waals surface area contributed by atoms with Gasteiger partial charge in [0.1, 0.15) is 0 Å². The monoisotopic (exact) mass is 593 g/mol. The number of rotatable bonds is 4. The Hall–Kier alpha value is -5.18. The van der Waals surface area contributed by atoms with Gasteiger partial charge in [-0.2, -0.15) is 0 Å². The second-order valence-electron chi connectivity index (χ2n) is 12.5. The molecular formula is C43H31NS. The van der Waals surface area contributed by atoms with Crippen LogP contribution in [0.1, 0.15) is 25.0 Å². The average molecular weight is 594 g/mol. The third-order valence-electron chi connectivity index (χ3n) is 9.64. The number of thiophene rings is 1. The summed E-state index contributed by atoms with van der Waals surface area (Å²) in [5.41, 5.74) is 11.4. The maximum absolute atomic E-state index is 2.54. The SMILES string of the molecule is CC1(C)c2ccccc2-c2cc(N(c3ccccc3-c3ccccc3)c3c4ccccc4cc4c3sc3ccccc34)ccc21. The van der Waals surface area contributed by atoms with Gasteiger partial charge in [-0.25, -0.2) is 0 Å². The molecule has 1 heterocycles. The van der Waals surface area contributed by atoms with Crippen LogP contribution in [0.15, 0.2) is 152 Å². The fourth-order valence-electron chi connectivity index (χ4n) is 7.49. The molecule has 0 N–H and O–H groups in total. The van der Waals surface area contributed by atoms with Crippen LogP contribution in [0.25, 0.3) is 53.2 Å². The molecule has 2 heteroatoms. The Bertz CT molecular complexity index is 2410. The van der Waals surface area contributed by atoms with E-state index in [1.807, 2.05) is 11.3 Å². The number of anilines is 3. The fraction of sp³-hybridized carbons (Fsp3) is 0.0698. The minimum atomic E-state index is -0.0462. The van der Waals surface area contributed by atoms with Crippen molar-refractivity contribution in [2.45, 2.75) is 19.3 Å². The van der Waals surface area contributed by atoms with E-state index in [1.165, 1.54) is 81.4 Å². The fourth-order valence-corrected chi connectivity index (χ4v) is 8.72. The second-order valence-corrected chi connectivity index (χ2v) is 13.6. The molecule has 0 bridgehead atoms. The van der Waals surface area contributed by atoms with Crippen LogP contribution in [0.4, 0.5) is 17.1 Å². The Morgan fingerprint density at radius 1 is 0.511 bits per heavy atom. The lowest BCUT2D eigenvalue weighted by Crippen LogP contribution is -2.15. The van der Waals surface area contributed by atoms with Crippen molar-refractivity contribution in [3.05, 3.63) is 163 Å². The van der Waals surface area contributed by atoms with Crippen molar-refractivity contribution in [2.24, 2.45) is 0 Å². The lowest BCUT2D eigenvalue weighted by molar-refractivity contribution is 0.660. The first kappa shape index (κ1) is 26.2. The van der Waals surface area contributed by atoms with Crippen molar-refractivity contribution < 1.29 is 0 Å². The highest BCUT2D eigenvalue weighted by Gasteiger charge is 2.36. The van der Waals surface area contributed by atoms with E-state index in [-0.39, 0.29) is 5.41 Å². The summed E-state index contributed by atoms with van der Waals surface area (Å²) in [6.07, 6.45) is 0. The zero-order chi connectivity index (χ0) is 30.1. The molecule has 1 aliphatic rings. The highest BCUT2D eigenvalue weighted by molar-refractivity contribution is 7.26. The molecule has 1 nitrogen and oxygen atoms in total. The van der Waals surface area contributed by atoms with E-state index in [4.69, 9.17) is 0 Å². The molecule has 0 fully saturated rings. The standard InChI is InChI=1S/C43H31NS/c1-43(2)37-21-11-8-19-33(37)35-27-30(24-25-38(35)43)44(39-22-12-9-17-31(39)28-14-4-3-5-15-28)41-32-18-7-6-16-29(32)26-36-34-20-10-13-23-40(34)45-42(36)41/h3-27H,1-2H3. The molecule has 0 saturated carbocycles. The second kappa shape index (κ2) is 9.92. The van der Waals surface area contributed by atoms with E-state index in [0.717, 1.165) is 0 Å². The summed E-state index contributed by atoms with van der Waals surface area (Å²) in [5, 5.41) is 5.11. The molecule has 9 rings (SSSR count). The Morgan fingerprint density at radius 3 is 2.04 bits per heavy atom. The third kappa shape index (κ3) is 3.92. The quantitative estimate of drug-likeness (QED) is 0.196. The summed E-state index contributed by atoms with van der Waals surface area (Å²) < 4.78 is 2.61. The summed E-state index contributed by atoms with van der Waals surface area (Å²) in [5.74, 6) is 0. The normalized spacial score (nSPS) is 13.3. The molecule has 0 saturated heterocycles. The van der Waals surface area contributed by atoms with Crippen LogP contribution in [0.2, 0.25) is 0 Å². The van der Waals surface area contributed by atoms with Crippen LogP contribution < -0.4 is 4.90 Å². The number of fused-ring (bicyclic) bond motifs is 7. The molecule has 0 unspecified atom stereocenters. The molecule has 214 valence electrons. The first-order valence-electron chi connectivity index (χ1n) is 15.6. The van der Waals surface area contributed by atoms with E-state index in [1.54, 1.807) is 0 Å². The summed E-state index contributed by atoms with van der Waals surface area (Å²) in [6, 6.07) is 55.8. The van der Waals surface area contributed by atoms with Crippen LogP contribution in [-0.2, 0) is 5.41 Å². The Balaban J connectivity index is 1.42. The molecule has 0 radical (unpaired) electrons. The van der Waals surface area contributed by atoms with Gasteiger partial charge in [0, 0.05) is 37.5 Å². The van der Waals surface area contributed by atoms with Crippen molar-refractivity contribution in [1.82, 2.24) is 0 Å². The van der Waals surface area contributed by atoms with Gasteiger partial charge in [0.25, 0.3) is 0 Å². The van der Waals surface area contributed by atoms with Crippen LogP contribution in [0.3, 0.4) is 0 Å². The first-order valence-corrected chi connectivity index (χ1v) is 16.4. The van der Waals surface area contributed by atoms with Crippen molar-refractivity contribution in [2.75, 3.05) is 4.90 Å². The number of para-hydroxylation sites is 1. The van der Waals surface area contributed by atoms with Gasteiger partial charge in [0.15, 0.2) is 0 Å². The third-order valence-corrected chi connectivity index (χ3v) is 10.8.